The molecule has 7 atom stereocenters. The summed E-state index contributed by atoms with van der Waals surface area (Å²) in [5.74, 6) is 1.52. The number of hydrogen-bond donors (Lipinski definition) is 1. The van der Waals surface area contributed by atoms with E-state index in [0.29, 0.717) is 30.2 Å². The lowest BCUT2D eigenvalue weighted by Crippen LogP contribution is -2.57. The normalized spacial score (nSPS) is 37.4. The molecule has 1 amide bonds. The standard InChI is InChI=1S/C29H35NO5/c1-17(31)21-11-12-22-20-10-9-18-15-19(32)13-14-28(18,2)26(20)25(16-29(21,22)3)35-27(33)30-23-7-5-6-8-24(23)34-4/h5-10,15,20-22,25-26H,11-14,16H2,1-4H3,(H,30,33)/t20-,21+,22-,25-,26-,28+,29+/m0/s1. The van der Waals surface area contributed by atoms with Crippen molar-refractivity contribution in [2.45, 2.75) is 59.0 Å². The minimum atomic E-state index is -0.520. The van der Waals surface area contributed by atoms with Gasteiger partial charge in [-0.15, -0.1) is 0 Å². The zero-order valence-corrected chi connectivity index (χ0v) is 21.0. The SMILES string of the molecule is COc1ccccc1NC(=O)O[C@H]1C[C@]2(C)[C@@H](C(C)=O)CC[C@H]2[C@@H]2C=CC3=CC(=O)CC[C@@]3(C)[C@@H]21. The van der Waals surface area contributed by atoms with Crippen molar-refractivity contribution in [1.82, 2.24) is 0 Å². The average Bonchev–Trinajstić information content (AvgIpc) is 3.16. The Kier molecular flexibility index (Phi) is 5.89. The Labute approximate surface area is 207 Å². The van der Waals surface area contributed by atoms with Crippen molar-refractivity contribution in [3.05, 3.63) is 48.1 Å². The number of rotatable bonds is 4. The fraction of sp³-hybridized carbons (Fsp3) is 0.552. The van der Waals surface area contributed by atoms with Crippen LogP contribution in [0.25, 0.3) is 0 Å². The summed E-state index contributed by atoms with van der Waals surface area (Å²) in [7, 11) is 1.56. The molecule has 6 nitrogen and oxygen atoms in total. The van der Waals surface area contributed by atoms with E-state index < -0.39 is 6.09 Å². The van der Waals surface area contributed by atoms with Crippen LogP contribution in [0.5, 0.6) is 5.75 Å². The summed E-state index contributed by atoms with van der Waals surface area (Å²) < 4.78 is 11.6. The molecule has 1 N–H and O–H groups in total. The third kappa shape index (κ3) is 3.82. The molecule has 0 saturated heterocycles. The predicted molar refractivity (Wildman–Crippen MR) is 133 cm³/mol. The van der Waals surface area contributed by atoms with Crippen molar-refractivity contribution in [3.63, 3.8) is 0 Å². The van der Waals surface area contributed by atoms with Gasteiger partial charge in [-0.1, -0.05) is 38.1 Å². The lowest BCUT2D eigenvalue weighted by molar-refractivity contribution is -0.134. The van der Waals surface area contributed by atoms with Gasteiger partial charge in [-0.05, 0) is 79.1 Å². The van der Waals surface area contributed by atoms with Gasteiger partial charge in [-0.25, -0.2) is 4.79 Å². The third-order valence-corrected chi connectivity index (χ3v) is 9.52. The first-order valence-electron chi connectivity index (χ1n) is 12.7. The monoisotopic (exact) mass is 477 g/mol. The van der Waals surface area contributed by atoms with Gasteiger partial charge < -0.3 is 9.47 Å². The van der Waals surface area contributed by atoms with Gasteiger partial charge in [0.25, 0.3) is 0 Å². The molecule has 0 aromatic heterocycles. The first kappa shape index (κ1) is 23.8. The van der Waals surface area contributed by atoms with Crippen LogP contribution in [-0.2, 0) is 14.3 Å². The van der Waals surface area contributed by atoms with Crippen LogP contribution in [-0.4, -0.2) is 30.9 Å². The highest BCUT2D eigenvalue weighted by atomic mass is 16.6. The zero-order chi connectivity index (χ0) is 25.0. The average molecular weight is 478 g/mol. The molecule has 0 heterocycles. The Balaban J connectivity index is 1.51. The van der Waals surface area contributed by atoms with Gasteiger partial charge in [0.2, 0.25) is 0 Å². The highest BCUT2D eigenvalue weighted by Crippen LogP contribution is 2.65. The molecular formula is C29H35NO5. The molecule has 186 valence electrons. The number of anilines is 1. The first-order valence-corrected chi connectivity index (χ1v) is 12.7. The molecule has 4 aliphatic carbocycles. The van der Waals surface area contributed by atoms with Gasteiger partial charge in [0, 0.05) is 18.3 Å². The van der Waals surface area contributed by atoms with Crippen molar-refractivity contribution in [3.8, 4) is 5.75 Å². The zero-order valence-electron chi connectivity index (χ0n) is 21.0. The molecule has 0 aliphatic heterocycles. The Morgan fingerprint density at radius 1 is 1.14 bits per heavy atom. The van der Waals surface area contributed by atoms with Gasteiger partial charge in [0.1, 0.15) is 17.6 Å². The lowest BCUT2D eigenvalue weighted by Gasteiger charge is -2.58. The predicted octanol–water partition coefficient (Wildman–Crippen LogP) is 5.74. The van der Waals surface area contributed by atoms with E-state index in [4.69, 9.17) is 9.47 Å². The smallest absolute Gasteiger partial charge is 0.412 e. The fourth-order valence-electron chi connectivity index (χ4n) is 7.89. The van der Waals surface area contributed by atoms with E-state index in [1.54, 1.807) is 32.2 Å². The van der Waals surface area contributed by atoms with E-state index in [2.05, 4.69) is 31.3 Å². The number of benzene rings is 1. The Hall–Kier alpha value is -2.89. The van der Waals surface area contributed by atoms with Crippen molar-refractivity contribution in [2.24, 2.45) is 34.5 Å². The van der Waals surface area contributed by atoms with Gasteiger partial charge >= 0.3 is 6.09 Å². The summed E-state index contributed by atoms with van der Waals surface area (Å²) in [6.45, 7) is 6.13. The molecule has 2 saturated carbocycles. The summed E-state index contributed by atoms with van der Waals surface area (Å²) in [5.41, 5.74) is 1.11. The van der Waals surface area contributed by atoms with Crippen LogP contribution >= 0.6 is 0 Å². The number of para-hydroxylation sites is 2. The molecule has 1 aromatic carbocycles. The fourth-order valence-corrected chi connectivity index (χ4v) is 7.89. The van der Waals surface area contributed by atoms with Gasteiger partial charge in [0.05, 0.1) is 12.8 Å². The van der Waals surface area contributed by atoms with E-state index in [9.17, 15) is 14.4 Å². The number of nitrogens with one attached hydrogen (secondary N) is 1. The Bertz CT molecular complexity index is 1120. The number of carbonyl (C=O) groups is 3. The second kappa shape index (κ2) is 8.65. The van der Waals surface area contributed by atoms with Crippen molar-refractivity contribution in [2.75, 3.05) is 12.4 Å². The van der Waals surface area contributed by atoms with Crippen LogP contribution in [0.15, 0.2) is 48.1 Å². The maximum Gasteiger partial charge on any atom is 0.412 e. The molecule has 0 unspecified atom stereocenters. The number of Topliss-reactive ketones (excluding diaryl/α,β-unsaturated/α-hetero) is 1. The molecule has 5 rings (SSSR count). The van der Waals surface area contributed by atoms with E-state index >= 15 is 0 Å². The highest BCUT2D eigenvalue weighted by molar-refractivity contribution is 5.92. The number of ether oxygens (including phenoxy) is 2. The molecule has 4 aliphatic rings. The van der Waals surface area contributed by atoms with Gasteiger partial charge in [-0.2, -0.15) is 0 Å². The Morgan fingerprint density at radius 2 is 1.91 bits per heavy atom. The first-order chi connectivity index (χ1) is 16.7. The molecule has 0 spiro atoms. The molecule has 1 aromatic rings. The topological polar surface area (TPSA) is 81.7 Å². The van der Waals surface area contributed by atoms with Crippen LogP contribution in [0.2, 0.25) is 0 Å². The van der Waals surface area contributed by atoms with Crippen molar-refractivity contribution >= 4 is 23.3 Å². The number of hydrogen-bond acceptors (Lipinski definition) is 5. The summed E-state index contributed by atoms with van der Waals surface area (Å²) in [6, 6.07) is 7.25. The maximum absolute atomic E-state index is 13.2. The van der Waals surface area contributed by atoms with E-state index in [1.807, 2.05) is 12.1 Å². The van der Waals surface area contributed by atoms with E-state index in [1.165, 1.54) is 0 Å². The maximum atomic E-state index is 13.2. The summed E-state index contributed by atoms with van der Waals surface area (Å²) in [4.78, 5) is 38.1. The number of ketones is 2. The summed E-state index contributed by atoms with van der Waals surface area (Å²) >= 11 is 0. The second-order valence-electron chi connectivity index (χ2n) is 11.3. The van der Waals surface area contributed by atoms with E-state index in [0.717, 1.165) is 24.8 Å². The number of methoxy groups -OCH3 is 1. The minimum Gasteiger partial charge on any atom is -0.495 e. The number of allylic oxidation sites excluding steroid dienone is 4. The number of carbonyl (C=O) groups excluding carboxylic acids is 3. The van der Waals surface area contributed by atoms with Crippen LogP contribution in [0.4, 0.5) is 10.5 Å². The number of fused-ring (bicyclic) bond motifs is 5. The van der Waals surface area contributed by atoms with Crippen LogP contribution in [0.3, 0.4) is 0 Å². The molecule has 35 heavy (non-hydrogen) atoms. The molecule has 0 bridgehead atoms. The van der Waals surface area contributed by atoms with Crippen LogP contribution in [0.1, 0.15) is 52.9 Å². The highest BCUT2D eigenvalue weighted by Gasteiger charge is 2.63. The lowest BCUT2D eigenvalue weighted by atomic mass is 9.47. The minimum absolute atomic E-state index is 0.0251. The summed E-state index contributed by atoms with van der Waals surface area (Å²) in [5, 5.41) is 2.86. The third-order valence-electron chi connectivity index (χ3n) is 9.52. The second-order valence-corrected chi connectivity index (χ2v) is 11.3. The molecule has 6 heteroatoms. The quantitative estimate of drug-likeness (QED) is 0.598. The van der Waals surface area contributed by atoms with Crippen molar-refractivity contribution < 1.29 is 23.9 Å². The Morgan fingerprint density at radius 3 is 2.66 bits per heavy atom. The number of amides is 1. The molecule has 2 fully saturated rings. The summed E-state index contributed by atoms with van der Waals surface area (Å²) in [6.07, 6.45) is 9.02. The van der Waals surface area contributed by atoms with E-state index in [-0.39, 0.29) is 46.3 Å². The van der Waals surface area contributed by atoms with Crippen LogP contribution in [0, 0.1) is 34.5 Å². The van der Waals surface area contributed by atoms with Crippen molar-refractivity contribution in [1.29, 1.82) is 0 Å². The largest absolute Gasteiger partial charge is 0.495 e. The molecule has 0 radical (unpaired) electrons. The van der Waals surface area contributed by atoms with Gasteiger partial charge in [-0.3, -0.25) is 14.9 Å². The van der Waals surface area contributed by atoms with Gasteiger partial charge in [0.15, 0.2) is 5.78 Å². The van der Waals surface area contributed by atoms with Crippen LogP contribution < -0.4 is 10.1 Å². The molecular weight excluding hydrogens is 442 g/mol.